The minimum absolute atomic E-state index is 0.179. The van der Waals surface area contributed by atoms with Gasteiger partial charge in [0, 0.05) is 23.8 Å². The highest BCUT2D eigenvalue weighted by molar-refractivity contribution is 5.88. The quantitative estimate of drug-likeness (QED) is 0.717. The molecule has 1 saturated carbocycles. The fraction of sp³-hybridized carbons (Fsp3) is 0.727. The lowest BCUT2D eigenvalue weighted by atomic mass is 9.93. The van der Waals surface area contributed by atoms with Gasteiger partial charge in [0.2, 0.25) is 0 Å². The van der Waals surface area contributed by atoms with Crippen molar-refractivity contribution in [3.63, 3.8) is 0 Å². The zero-order valence-electron chi connectivity index (χ0n) is 17.4. The van der Waals surface area contributed by atoms with Crippen LogP contribution in [0.4, 0.5) is 10.6 Å². The molecule has 150 valence electrons. The smallest absolute Gasteiger partial charge is 0.416 e. The van der Waals surface area contributed by atoms with Crippen molar-refractivity contribution in [2.75, 3.05) is 18.0 Å². The maximum Gasteiger partial charge on any atom is 0.416 e. The second-order valence-electron chi connectivity index (χ2n) is 8.85. The Hall–Kier alpha value is -1.62. The first-order valence-electron chi connectivity index (χ1n) is 10.6. The molecule has 0 radical (unpaired) electrons. The van der Waals surface area contributed by atoms with E-state index in [-0.39, 0.29) is 12.1 Å². The highest BCUT2D eigenvalue weighted by Crippen LogP contribution is 2.38. The average molecular weight is 374 g/mol. The minimum Gasteiger partial charge on any atom is -0.443 e. The van der Waals surface area contributed by atoms with Crippen molar-refractivity contribution < 1.29 is 9.53 Å². The van der Waals surface area contributed by atoms with E-state index in [0.29, 0.717) is 6.04 Å². The van der Waals surface area contributed by atoms with Gasteiger partial charge in [-0.2, -0.15) is 0 Å². The summed E-state index contributed by atoms with van der Waals surface area (Å²) in [5, 5.41) is 0. The molecule has 5 heteroatoms. The normalized spacial score (nSPS) is 22.0. The van der Waals surface area contributed by atoms with E-state index in [0.717, 1.165) is 51.0 Å². The van der Waals surface area contributed by atoms with Gasteiger partial charge in [-0.3, -0.25) is 9.80 Å². The Balaban J connectivity index is 1.98. The lowest BCUT2D eigenvalue weighted by Gasteiger charge is -2.37. The second kappa shape index (κ2) is 8.59. The predicted octanol–water partition coefficient (Wildman–Crippen LogP) is 5.31. The number of pyridine rings is 1. The Morgan fingerprint density at radius 1 is 1.22 bits per heavy atom. The molecule has 3 rings (SSSR count). The molecule has 0 unspecified atom stereocenters. The predicted molar refractivity (Wildman–Crippen MR) is 109 cm³/mol. The summed E-state index contributed by atoms with van der Waals surface area (Å²) >= 11 is 0. The van der Waals surface area contributed by atoms with E-state index < -0.39 is 5.60 Å². The molecule has 1 atom stereocenters. The van der Waals surface area contributed by atoms with Gasteiger partial charge in [-0.05, 0) is 65.6 Å². The van der Waals surface area contributed by atoms with Gasteiger partial charge in [-0.15, -0.1) is 0 Å². The number of carbonyl (C=O) groups excluding carboxylic acids is 1. The molecule has 2 aliphatic rings. The lowest BCUT2D eigenvalue weighted by Crippen LogP contribution is -2.45. The molecule has 2 heterocycles. The molecular formula is C22H35N3O2. The molecule has 5 nitrogen and oxygen atoms in total. The summed E-state index contributed by atoms with van der Waals surface area (Å²) in [4.78, 5) is 22.3. The molecule has 0 N–H and O–H groups in total. The molecular weight excluding hydrogens is 338 g/mol. The number of rotatable bonds is 4. The molecule has 2 fully saturated rings. The number of anilines is 1. The fourth-order valence-corrected chi connectivity index (χ4v) is 4.49. The molecule has 0 bridgehead atoms. The van der Waals surface area contributed by atoms with Crippen molar-refractivity contribution in [2.24, 2.45) is 0 Å². The second-order valence-corrected chi connectivity index (χ2v) is 8.85. The molecule has 1 aromatic heterocycles. The lowest BCUT2D eigenvalue weighted by molar-refractivity contribution is 0.0555. The van der Waals surface area contributed by atoms with Gasteiger partial charge in [0.05, 0.1) is 0 Å². The van der Waals surface area contributed by atoms with Crippen LogP contribution < -0.4 is 4.90 Å². The van der Waals surface area contributed by atoms with E-state index in [2.05, 4.69) is 17.9 Å². The number of carbonyl (C=O) groups is 1. The van der Waals surface area contributed by atoms with Crippen LogP contribution >= 0.6 is 0 Å². The van der Waals surface area contributed by atoms with Gasteiger partial charge in [0.25, 0.3) is 0 Å². The zero-order chi connectivity index (χ0) is 19.4. The Morgan fingerprint density at radius 2 is 1.96 bits per heavy atom. The van der Waals surface area contributed by atoms with E-state index >= 15 is 0 Å². The average Bonchev–Trinajstić information content (AvgIpc) is 3.10. The van der Waals surface area contributed by atoms with E-state index in [4.69, 9.17) is 9.72 Å². The summed E-state index contributed by atoms with van der Waals surface area (Å²) in [5.41, 5.74) is 0.662. The topological polar surface area (TPSA) is 45.7 Å². The number of aromatic nitrogens is 1. The van der Waals surface area contributed by atoms with Crippen molar-refractivity contribution in [3.05, 3.63) is 23.9 Å². The van der Waals surface area contributed by atoms with Crippen LogP contribution in [-0.4, -0.2) is 40.7 Å². The van der Waals surface area contributed by atoms with Gasteiger partial charge in [0.15, 0.2) is 0 Å². The van der Waals surface area contributed by atoms with Gasteiger partial charge >= 0.3 is 6.09 Å². The molecule has 1 amide bonds. The van der Waals surface area contributed by atoms with E-state index in [1.807, 2.05) is 37.9 Å². The summed E-state index contributed by atoms with van der Waals surface area (Å²) in [7, 11) is 0. The summed E-state index contributed by atoms with van der Waals surface area (Å²) in [6.45, 7) is 10.1. The molecule has 1 aliphatic carbocycles. The summed E-state index contributed by atoms with van der Waals surface area (Å²) in [6, 6.07) is 4.67. The number of ether oxygens (including phenoxy) is 1. The Labute approximate surface area is 164 Å². The first-order chi connectivity index (χ1) is 12.9. The van der Waals surface area contributed by atoms with Crippen LogP contribution in [0.5, 0.6) is 0 Å². The number of amides is 1. The van der Waals surface area contributed by atoms with E-state index in [1.165, 1.54) is 18.4 Å². The van der Waals surface area contributed by atoms with Crippen LogP contribution in [0.15, 0.2) is 18.3 Å². The van der Waals surface area contributed by atoms with Crippen LogP contribution in [0.3, 0.4) is 0 Å². The number of nitrogens with zero attached hydrogens (tertiary/aromatic N) is 3. The maximum atomic E-state index is 13.2. The molecule has 1 saturated heterocycles. The Kier molecular flexibility index (Phi) is 6.40. The SMILES string of the molecule is CCN1CCC[C@H]1c1cccnc1N(C(=O)OC(C)(C)C)C1CCCCC1. The third kappa shape index (κ3) is 4.81. The van der Waals surface area contributed by atoms with Crippen molar-refractivity contribution in [3.8, 4) is 0 Å². The zero-order valence-corrected chi connectivity index (χ0v) is 17.4. The van der Waals surface area contributed by atoms with Crippen LogP contribution in [-0.2, 0) is 4.74 Å². The van der Waals surface area contributed by atoms with Crippen molar-refractivity contribution in [2.45, 2.75) is 90.3 Å². The van der Waals surface area contributed by atoms with Gasteiger partial charge in [-0.25, -0.2) is 9.78 Å². The summed E-state index contributed by atoms with van der Waals surface area (Å²) in [5.74, 6) is 0.809. The summed E-state index contributed by atoms with van der Waals surface area (Å²) < 4.78 is 5.81. The number of likely N-dealkylation sites (tertiary alicyclic amines) is 1. The fourth-order valence-electron chi connectivity index (χ4n) is 4.49. The molecule has 0 aromatic carbocycles. The number of hydrogen-bond donors (Lipinski definition) is 0. The molecule has 27 heavy (non-hydrogen) atoms. The van der Waals surface area contributed by atoms with Gasteiger partial charge in [0.1, 0.15) is 11.4 Å². The standard InChI is InChI=1S/C22H35N3O2/c1-5-24-16-10-14-19(24)18-13-9-15-23-20(18)25(17-11-7-6-8-12-17)21(26)27-22(2,3)4/h9,13,15,17,19H,5-8,10-12,14,16H2,1-4H3/t19-/m0/s1. The largest absolute Gasteiger partial charge is 0.443 e. The molecule has 1 aromatic rings. The van der Waals surface area contributed by atoms with Crippen LogP contribution in [0.1, 0.15) is 84.2 Å². The highest BCUT2D eigenvalue weighted by atomic mass is 16.6. The van der Waals surface area contributed by atoms with E-state index in [9.17, 15) is 4.79 Å². The minimum atomic E-state index is -0.512. The van der Waals surface area contributed by atoms with Crippen LogP contribution in [0.25, 0.3) is 0 Å². The van der Waals surface area contributed by atoms with E-state index in [1.54, 1.807) is 0 Å². The monoisotopic (exact) mass is 373 g/mol. The molecule has 0 spiro atoms. The third-order valence-corrected chi connectivity index (χ3v) is 5.70. The van der Waals surface area contributed by atoms with Gasteiger partial charge in [-0.1, -0.05) is 32.3 Å². The maximum absolute atomic E-state index is 13.2. The Morgan fingerprint density at radius 3 is 2.63 bits per heavy atom. The Bertz CT molecular complexity index is 635. The van der Waals surface area contributed by atoms with Crippen LogP contribution in [0, 0.1) is 0 Å². The number of hydrogen-bond acceptors (Lipinski definition) is 4. The van der Waals surface area contributed by atoms with Gasteiger partial charge < -0.3 is 4.74 Å². The van der Waals surface area contributed by atoms with Crippen molar-refractivity contribution >= 4 is 11.9 Å². The van der Waals surface area contributed by atoms with Crippen molar-refractivity contribution in [1.82, 2.24) is 9.88 Å². The third-order valence-electron chi connectivity index (χ3n) is 5.70. The first kappa shape index (κ1) is 20.1. The summed E-state index contributed by atoms with van der Waals surface area (Å²) in [6.07, 6.45) is 9.50. The van der Waals surface area contributed by atoms with Crippen LogP contribution in [0.2, 0.25) is 0 Å². The van der Waals surface area contributed by atoms with Crippen molar-refractivity contribution in [1.29, 1.82) is 0 Å². The highest BCUT2D eigenvalue weighted by Gasteiger charge is 2.36. The molecule has 1 aliphatic heterocycles. The first-order valence-corrected chi connectivity index (χ1v) is 10.6.